The zero-order valence-electron chi connectivity index (χ0n) is 14.2. The molecule has 1 aliphatic heterocycles. The van der Waals surface area contributed by atoms with Crippen LogP contribution in [0.3, 0.4) is 0 Å². The van der Waals surface area contributed by atoms with E-state index in [1.54, 1.807) is 24.3 Å². The van der Waals surface area contributed by atoms with Gasteiger partial charge in [0.2, 0.25) is 5.91 Å². The highest BCUT2D eigenvalue weighted by Crippen LogP contribution is 2.20. The normalized spacial score (nSPS) is 24.9. The first-order valence-corrected chi connectivity index (χ1v) is 8.03. The van der Waals surface area contributed by atoms with Gasteiger partial charge < -0.3 is 10.2 Å². The quantitative estimate of drug-likeness (QED) is 0.764. The van der Waals surface area contributed by atoms with Crippen LogP contribution in [-0.4, -0.2) is 47.7 Å². The summed E-state index contributed by atoms with van der Waals surface area (Å²) in [6.07, 6.45) is 8.48. The number of halogens is 1. The van der Waals surface area contributed by atoms with Crippen molar-refractivity contribution >= 4 is 17.5 Å². The third-order valence-corrected chi connectivity index (χ3v) is 3.99. The Morgan fingerprint density at radius 1 is 1.42 bits per heavy atom. The monoisotopic (exact) mass is 354 g/mol. The fraction of sp³-hybridized carbons (Fsp3) is 0.263. The molecule has 2 aliphatic rings. The van der Waals surface area contributed by atoms with E-state index in [9.17, 15) is 14.0 Å². The number of aliphatic imine (C=N–C) groups is 1. The minimum atomic E-state index is -1.22. The topological polar surface area (TPSA) is 85.6 Å². The molecule has 1 aliphatic carbocycles. The number of hydrogen-bond donors (Lipinski definition) is 1. The number of rotatable bonds is 5. The molecule has 7 heteroatoms. The van der Waals surface area contributed by atoms with E-state index in [2.05, 4.69) is 23.5 Å². The predicted molar refractivity (Wildman–Crippen MR) is 96.8 cm³/mol. The average molecular weight is 354 g/mol. The van der Waals surface area contributed by atoms with E-state index in [-0.39, 0.29) is 25.1 Å². The molecule has 2 rings (SSSR count). The van der Waals surface area contributed by atoms with Gasteiger partial charge in [-0.2, -0.15) is 5.26 Å². The van der Waals surface area contributed by atoms with Crippen LogP contribution in [0.2, 0.25) is 0 Å². The Bertz CT molecular complexity index is 786. The Morgan fingerprint density at radius 3 is 2.81 bits per heavy atom. The number of amides is 2. The standard InChI is InChI=1S/C19H19FN4O2/c1-3-15(16-7-5-6-8-17(16)22-4-2)19(26)23-11-18(25)24-12-13(20)9-14(24)10-21/h3-8,13-14H,1-2,9,11-12H2,(H,23,26)/b16-15+,22-17?. The molecule has 2 unspecified atom stereocenters. The molecule has 1 N–H and O–H groups in total. The van der Waals surface area contributed by atoms with Gasteiger partial charge in [-0.3, -0.25) is 14.6 Å². The lowest BCUT2D eigenvalue weighted by molar-refractivity contribution is -0.132. The van der Waals surface area contributed by atoms with Crippen LogP contribution < -0.4 is 5.32 Å². The van der Waals surface area contributed by atoms with Gasteiger partial charge in [0.1, 0.15) is 12.2 Å². The van der Waals surface area contributed by atoms with Gasteiger partial charge in [-0.15, -0.1) is 0 Å². The van der Waals surface area contributed by atoms with Crippen LogP contribution in [0.15, 0.2) is 65.9 Å². The van der Waals surface area contributed by atoms with Gasteiger partial charge in [0.15, 0.2) is 0 Å². The van der Waals surface area contributed by atoms with Crippen molar-refractivity contribution in [2.45, 2.75) is 18.6 Å². The Morgan fingerprint density at radius 2 is 2.15 bits per heavy atom. The second kappa shape index (κ2) is 8.72. The first-order valence-electron chi connectivity index (χ1n) is 8.03. The number of hydrogen-bond acceptors (Lipinski definition) is 4. The number of alkyl halides is 1. The zero-order valence-corrected chi connectivity index (χ0v) is 14.2. The van der Waals surface area contributed by atoms with E-state index in [0.717, 1.165) is 4.90 Å². The highest BCUT2D eigenvalue weighted by molar-refractivity contribution is 6.17. The van der Waals surface area contributed by atoms with Crippen molar-refractivity contribution in [3.05, 3.63) is 60.9 Å². The molecular weight excluding hydrogens is 335 g/mol. The Labute approximate surface area is 151 Å². The van der Waals surface area contributed by atoms with E-state index in [4.69, 9.17) is 5.26 Å². The summed E-state index contributed by atoms with van der Waals surface area (Å²) in [4.78, 5) is 29.9. The van der Waals surface area contributed by atoms with Crippen LogP contribution in [0, 0.1) is 11.3 Å². The maximum atomic E-state index is 13.4. The third kappa shape index (κ3) is 4.22. The second-order valence-corrected chi connectivity index (χ2v) is 5.65. The molecule has 0 radical (unpaired) electrons. The van der Waals surface area contributed by atoms with Crippen molar-refractivity contribution < 1.29 is 14.0 Å². The van der Waals surface area contributed by atoms with Gasteiger partial charge in [0.05, 0.1) is 24.9 Å². The van der Waals surface area contributed by atoms with Gasteiger partial charge in [-0.05, 0) is 6.08 Å². The summed E-state index contributed by atoms with van der Waals surface area (Å²) in [5.41, 5.74) is 1.34. The summed E-state index contributed by atoms with van der Waals surface area (Å²) in [6, 6.07) is 1.10. The van der Waals surface area contributed by atoms with Crippen LogP contribution in [-0.2, 0) is 9.59 Å². The number of carbonyl (C=O) groups is 2. The van der Waals surface area contributed by atoms with E-state index < -0.39 is 24.0 Å². The molecule has 2 atom stereocenters. The van der Waals surface area contributed by atoms with Crippen molar-refractivity contribution in [2.24, 2.45) is 4.99 Å². The molecule has 0 spiro atoms. The number of nitriles is 1. The number of nitrogens with one attached hydrogen (secondary N) is 1. The number of carbonyl (C=O) groups excluding carboxylic acids is 2. The van der Waals surface area contributed by atoms with Gasteiger partial charge in [0.25, 0.3) is 5.91 Å². The molecule has 2 amide bonds. The van der Waals surface area contributed by atoms with Crippen molar-refractivity contribution in [3.63, 3.8) is 0 Å². The summed E-state index contributed by atoms with van der Waals surface area (Å²) in [6.45, 7) is 6.72. The Balaban J connectivity index is 2.11. The largest absolute Gasteiger partial charge is 0.343 e. The fourth-order valence-corrected chi connectivity index (χ4v) is 2.77. The average Bonchev–Trinajstić information content (AvgIpc) is 3.03. The highest BCUT2D eigenvalue weighted by atomic mass is 19.1. The zero-order chi connectivity index (χ0) is 19.1. The van der Waals surface area contributed by atoms with Gasteiger partial charge in [0, 0.05) is 23.8 Å². The van der Waals surface area contributed by atoms with Crippen LogP contribution in [0.5, 0.6) is 0 Å². The van der Waals surface area contributed by atoms with E-state index >= 15 is 0 Å². The third-order valence-electron chi connectivity index (χ3n) is 3.99. The molecule has 0 saturated carbocycles. The summed E-state index contributed by atoms with van der Waals surface area (Å²) in [5.74, 6) is -1.01. The van der Waals surface area contributed by atoms with Crippen LogP contribution in [0.1, 0.15) is 6.42 Å². The van der Waals surface area contributed by atoms with Crippen molar-refractivity contribution in [1.82, 2.24) is 10.2 Å². The van der Waals surface area contributed by atoms with Gasteiger partial charge in [-0.1, -0.05) is 37.5 Å². The molecule has 1 fully saturated rings. The van der Waals surface area contributed by atoms with Crippen molar-refractivity contribution in [1.29, 1.82) is 5.26 Å². The smallest absolute Gasteiger partial charge is 0.252 e. The molecule has 0 aromatic heterocycles. The first-order chi connectivity index (χ1) is 12.5. The maximum Gasteiger partial charge on any atom is 0.252 e. The molecule has 0 aromatic rings. The van der Waals surface area contributed by atoms with Gasteiger partial charge >= 0.3 is 0 Å². The minimum absolute atomic E-state index is 0.00332. The lowest BCUT2D eigenvalue weighted by atomic mass is 9.98. The Hall–Kier alpha value is -3.27. The molecule has 0 aromatic carbocycles. The lowest BCUT2D eigenvalue weighted by Crippen LogP contribution is -2.42. The van der Waals surface area contributed by atoms with E-state index in [1.807, 2.05) is 6.07 Å². The summed E-state index contributed by atoms with van der Waals surface area (Å²) in [7, 11) is 0. The molecular formula is C19H19FN4O2. The maximum absolute atomic E-state index is 13.4. The molecule has 0 bridgehead atoms. The summed E-state index contributed by atoms with van der Waals surface area (Å²) >= 11 is 0. The lowest BCUT2D eigenvalue weighted by Gasteiger charge is -2.19. The second-order valence-electron chi connectivity index (χ2n) is 5.65. The first kappa shape index (κ1) is 19.1. The number of nitrogens with zero attached hydrogens (tertiary/aromatic N) is 3. The summed E-state index contributed by atoms with van der Waals surface area (Å²) < 4.78 is 13.4. The minimum Gasteiger partial charge on any atom is -0.343 e. The molecule has 26 heavy (non-hydrogen) atoms. The Kier molecular flexibility index (Phi) is 6.39. The summed E-state index contributed by atoms with van der Waals surface area (Å²) in [5, 5.41) is 11.5. The predicted octanol–water partition coefficient (Wildman–Crippen LogP) is 1.76. The molecule has 1 saturated heterocycles. The van der Waals surface area contributed by atoms with Crippen LogP contribution in [0.4, 0.5) is 4.39 Å². The van der Waals surface area contributed by atoms with Gasteiger partial charge in [-0.25, -0.2) is 4.39 Å². The molecule has 134 valence electrons. The van der Waals surface area contributed by atoms with E-state index in [1.165, 1.54) is 12.3 Å². The number of likely N-dealkylation sites (tertiary alicyclic amines) is 1. The van der Waals surface area contributed by atoms with E-state index in [0.29, 0.717) is 11.3 Å². The molecule has 1 heterocycles. The van der Waals surface area contributed by atoms with Crippen molar-refractivity contribution in [2.75, 3.05) is 13.1 Å². The van der Waals surface area contributed by atoms with Crippen LogP contribution >= 0.6 is 0 Å². The molecule has 6 nitrogen and oxygen atoms in total. The van der Waals surface area contributed by atoms with Crippen LogP contribution in [0.25, 0.3) is 0 Å². The fourth-order valence-electron chi connectivity index (χ4n) is 2.77. The SMILES string of the molecule is C=CN=C1C=CC=C/C1=C(/C=C)C(=O)NCC(=O)N1CC(F)CC1C#N. The van der Waals surface area contributed by atoms with Crippen molar-refractivity contribution in [3.8, 4) is 6.07 Å². The highest BCUT2D eigenvalue weighted by Gasteiger charge is 2.35. The number of allylic oxidation sites excluding steroid dienone is 5.